The third-order valence-electron chi connectivity index (χ3n) is 10.2. The Balaban J connectivity index is 1.59. The third kappa shape index (κ3) is 14.4. The highest BCUT2D eigenvalue weighted by Crippen LogP contribution is 2.24. The summed E-state index contributed by atoms with van der Waals surface area (Å²) in [7, 11) is 1.32. The first-order chi connectivity index (χ1) is 29.9. The standard InChI is InChI=1S/C40H53N9O13S/c1-21(48(2)36(57)28(43-32(54)19-41)16-22-6-4-8-24(50)14-22)33(35(56)42-20-26-18-30(52)37(62-26)49-12-10-31(53)46-40(49)61)47-34(55)27(11-13-63-3)44-39(60)45-29(38(58)59)17-23-7-5-9-25(51)15-23/h4-9,14-15,20-21,26-30,33,37,50-52H,10-13,16-19,41H2,1-3H3,(H,43,54)(H,47,55)(H,58,59)(H2,44,45,60)(H,46,53,61). The van der Waals surface area contributed by atoms with Crippen molar-refractivity contribution in [2.75, 3.05) is 32.1 Å². The van der Waals surface area contributed by atoms with Gasteiger partial charge < -0.3 is 57.1 Å². The number of aliphatic imine (C=N–C) groups is 1. The number of aliphatic carboxylic acids is 1. The predicted octanol–water partition coefficient (Wildman–Crippen LogP) is -1.45. The van der Waals surface area contributed by atoms with Crippen LogP contribution < -0.4 is 32.3 Å². The summed E-state index contributed by atoms with van der Waals surface area (Å²) in [4.78, 5) is 110. The van der Waals surface area contributed by atoms with Crippen LogP contribution in [0.25, 0.3) is 0 Å². The summed E-state index contributed by atoms with van der Waals surface area (Å²) in [6, 6.07) is 3.00. The van der Waals surface area contributed by atoms with E-state index in [1.54, 1.807) is 24.5 Å². The molecule has 2 fully saturated rings. The van der Waals surface area contributed by atoms with Crippen molar-refractivity contribution < 1.29 is 63.5 Å². The molecule has 2 aliphatic heterocycles. The lowest BCUT2D eigenvalue weighted by molar-refractivity contribution is -0.139. The highest BCUT2D eigenvalue weighted by Gasteiger charge is 2.42. The SMILES string of the molecule is CSCCC(NC(=O)NC(Cc1cccc(O)c1)C(=O)O)C(=O)NC(C(=O)N=CC1CC(O)C(N2CCC(=O)NC2=O)O1)C(C)N(C)C(=O)C(Cc1cccc(O)c1)NC(=O)CN. The maximum Gasteiger partial charge on any atom is 0.326 e. The minimum Gasteiger partial charge on any atom is -0.508 e. The first kappa shape index (κ1) is 49.4. The molecule has 2 aromatic carbocycles. The van der Waals surface area contributed by atoms with Crippen molar-refractivity contribution in [3.8, 4) is 11.5 Å². The van der Waals surface area contributed by atoms with Gasteiger partial charge in [0.15, 0.2) is 6.23 Å². The number of phenols is 2. The maximum atomic E-state index is 14.1. The molecule has 11 N–H and O–H groups in total. The van der Waals surface area contributed by atoms with Gasteiger partial charge in [0.2, 0.25) is 23.6 Å². The van der Waals surface area contributed by atoms with Crippen LogP contribution in [0.15, 0.2) is 53.5 Å². The largest absolute Gasteiger partial charge is 0.508 e. The van der Waals surface area contributed by atoms with Crippen LogP contribution in [0.2, 0.25) is 0 Å². The first-order valence-electron chi connectivity index (χ1n) is 19.8. The van der Waals surface area contributed by atoms with Gasteiger partial charge in [-0.05, 0) is 60.7 Å². The molecule has 9 amide bonds. The predicted molar refractivity (Wildman–Crippen MR) is 226 cm³/mol. The smallest absolute Gasteiger partial charge is 0.326 e. The Kier molecular flexibility index (Phi) is 18.2. The summed E-state index contributed by atoms with van der Waals surface area (Å²) in [5.74, 6) is -5.11. The molecule has 23 heteroatoms. The summed E-state index contributed by atoms with van der Waals surface area (Å²) in [5.41, 5.74) is 6.40. The van der Waals surface area contributed by atoms with E-state index in [0.29, 0.717) is 16.9 Å². The number of aliphatic hydroxyl groups is 1. The molecule has 2 aliphatic rings. The van der Waals surface area contributed by atoms with Crippen LogP contribution in [0, 0.1) is 0 Å². The molecule has 22 nitrogen and oxygen atoms in total. The quantitative estimate of drug-likeness (QED) is 0.0680. The Morgan fingerprint density at radius 3 is 2.17 bits per heavy atom. The number of rotatable bonds is 20. The molecule has 0 spiro atoms. The number of urea groups is 2. The van der Waals surface area contributed by atoms with Gasteiger partial charge in [0.05, 0.1) is 18.7 Å². The van der Waals surface area contributed by atoms with Gasteiger partial charge in [-0.3, -0.25) is 34.2 Å². The monoisotopic (exact) mass is 899 g/mol. The number of carboxylic acids is 1. The molecule has 8 unspecified atom stereocenters. The van der Waals surface area contributed by atoms with Gasteiger partial charge in [0, 0.05) is 45.5 Å². The normalized spacial score (nSPS) is 19.8. The van der Waals surface area contributed by atoms with E-state index in [0.717, 1.165) is 16.0 Å². The van der Waals surface area contributed by atoms with Gasteiger partial charge >= 0.3 is 18.0 Å². The lowest BCUT2D eigenvalue weighted by atomic mass is 10.0. The first-order valence-corrected chi connectivity index (χ1v) is 21.2. The second-order valence-electron chi connectivity index (χ2n) is 14.9. The highest BCUT2D eigenvalue weighted by molar-refractivity contribution is 7.98. The second kappa shape index (κ2) is 23.2. The Morgan fingerprint density at radius 1 is 0.984 bits per heavy atom. The molecule has 4 rings (SSSR count). The van der Waals surface area contributed by atoms with E-state index in [4.69, 9.17) is 10.5 Å². The Morgan fingerprint density at radius 2 is 1.60 bits per heavy atom. The molecule has 2 heterocycles. The number of phenolic OH excluding ortho intramolecular Hbond substituents is 2. The molecule has 0 bridgehead atoms. The number of nitrogens with zero attached hydrogens (tertiary/aromatic N) is 3. The number of hydrogen-bond acceptors (Lipinski definition) is 14. The molecule has 8 atom stereocenters. The number of likely N-dealkylation sites (N-methyl/N-ethyl adjacent to an activating group) is 1. The minimum absolute atomic E-state index is 0.0000254. The van der Waals surface area contributed by atoms with E-state index in [9.17, 15) is 58.8 Å². The average Bonchev–Trinajstić information content (AvgIpc) is 3.61. The fourth-order valence-corrected chi connectivity index (χ4v) is 7.25. The maximum absolute atomic E-state index is 14.1. The van der Waals surface area contributed by atoms with E-state index in [2.05, 4.69) is 31.6 Å². The van der Waals surface area contributed by atoms with E-state index >= 15 is 0 Å². The molecular weight excluding hydrogens is 847 g/mol. The molecular formula is C40H53N9O13S. The van der Waals surface area contributed by atoms with Crippen molar-refractivity contribution >= 4 is 65.5 Å². The number of imide groups is 1. The minimum atomic E-state index is -1.64. The van der Waals surface area contributed by atoms with Crippen molar-refractivity contribution in [2.24, 2.45) is 10.7 Å². The fraction of sp³-hybridized carbons (Fsp3) is 0.475. The van der Waals surface area contributed by atoms with Crippen LogP contribution in [0.3, 0.4) is 0 Å². The summed E-state index contributed by atoms with van der Waals surface area (Å²) in [6.07, 6.45) is -1.08. The van der Waals surface area contributed by atoms with Crippen LogP contribution in [0.5, 0.6) is 11.5 Å². The molecule has 0 radical (unpaired) electrons. The number of ether oxygens (including phenoxy) is 1. The Labute approximate surface area is 366 Å². The van der Waals surface area contributed by atoms with Gasteiger partial charge in [0.25, 0.3) is 5.91 Å². The van der Waals surface area contributed by atoms with Gasteiger partial charge in [-0.25, -0.2) is 19.4 Å². The topological polar surface area (TPSA) is 332 Å². The molecule has 0 saturated carbocycles. The second-order valence-corrected chi connectivity index (χ2v) is 15.9. The van der Waals surface area contributed by atoms with Crippen molar-refractivity contribution in [2.45, 2.75) is 87.7 Å². The fourth-order valence-electron chi connectivity index (χ4n) is 6.78. The van der Waals surface area contributed by atoms with Crippen LogP contribution >= 0.6 is 11.8 Å². The summed E-state index contributed by atoms with van der Waals surface area (Å²) in [5, 5.41) is 52.5. The lowest BCUT2D eigenvalue weighted by Crippen LogP contribution is -2.61. The molecule has 342 valence electrons. The molecule has 2 aromatic rings. The molecule has 63 heavy (non-hydrogen) atoms. The van der Waals surface area contributed by atoms with Crippen molar-refractivity contribution in [3.05, 3.63) is 59.7 Å². The lowest BCUT2D eigenvalue weighted by Gasteiger charge is -2.34. The van der Waals surface area contributed by atoms with Crippen LogP contribution in [0.4, 0.5) is 9.59 Å². The number of nitrogens with two attached hydrogens (primary N) is 1. The van der Waals surface area contributed by atoms with Gasteiger partial charge in [0.1, 0.15) is 41.8 Å². The van der Waals surface area contributed by atoms with Gasteiger partial charge in [-0.1, -0.05) is 24.3 Å². The number of carbonyl (C=O) groups is 8. The number of amides is 9. The van der Waals surface area contributed by atoms with E-state index in [1.807, 2.05) is 0 Å². The summed E-state index contributed by atoms with van der Waals surface area (Å²) in [6.45, 7) is 0.928. The highest BCUT2D eigenvalue weighted by atomic mass is 32.2. The average molecular weight is 900 g/mol. The van der Waals surface area contributed by atoms with E-state index < -0.39 is 103 Å². The van der Waals surface area contributed by atoms with Crippen molar-refractivity contribution in [1.29, 1.82) is 0 Å². The Bertz CT molecular complexity index is 2040. The number of aliphatic hydroxyl groups excluding tert-OH is 1. The zero-order valence-electron chi connectivity index (χ0n) is 34.8. The van der Waals surface area contributed by atoms with Crippen molar-refractivity contribution in [1.82, 2.24) is 36.4 Å². The number of aromatic hydroxyl groups is 2. The van der Waals surface area contributed by atoms with Gasteiger partial charge in [-0.15, -0.1) is 0 Å². The third-order valence-corrected chi connectivity index (χ3v) is 10.9. The van der Waals surface area contributed by atoms with Crippen LogP contribution in [-0.2, 0) is 46.3 Å². The van der Waals surface area contributed by atoms with E-state index in [-0.39, 0.29) is 50.1 Å². The number of nitrogens with one attached hydrogen (secondary N) is 5. The number of thioether (sulfide) groups is 1. The number of hydrogen-bond donors (Lipinski definition) is 10. The molecule has 2 saturated heterocycles. The number of carbonyl (C=O) groups excluding carboxylic acids is 7. The van der Waals surface area contributed by atoms with Crippen LogP contribution in [0.1, 0.15) is 37.3 Å². The molecule has 0 aliphatic carbocycles. The Hall–Kier alpha value is -6.30. The molecule has 0 aromatic heterocycles. The zero-order chi connectivity index (χ0) is 46.4. The number of carboxylic acid groups (broad SMARTS) is 1. The summed E-state index contributed by atoms with van der Waals surface area (Å²) >= 11 is 1.33. The summed E-state index contributed by atoms with van der Waals surface area (Å²) < 4.78 is 5.81. The van der Waals surface area contributed by atoms with Crippen LogP contribution in [-0.4, -0.2) is 165 Å². The number of benzene rings is 2. The van der Waals surface area contributed by atoms with Gasteiger partial charge in [-0.2, -0.15) is 11.8 Å². The zero-order valence-corrected chi connectivity index (χ0v) is 35.6. The van der Waals surface area contributed by atoms with E-state index in [1.165, 1.54) is 56.1 Å². The van der Waals surface area contributed by atoms with Crippen molar-refractivity contribution in [3.63, 3.8) is 0 Å².